The van der Waals surface area contributed by atoms with Gasteiger partial charge in [-0.3, -0.25) is 14.4 Å². The maximum atomic E-state index is 12.9. The Morgan fingerprint density at radius 3 is 2.27 bits per heavy atom. The number of nitrogens with one attached hydrogen (secondary N) is 1. The van der Waals surface area contributed by atoms with Crippen molar-refractivity contribution in [2.24, 2.45) is 17.8 Å². The summed E-state index contributed by atoms with van der Waals surface area (Å²) in [4.78, 5) is 38.2. The minimum absolute atomic E-state index is 0.110. The highest BCUT2D eigenvalue weighted by molar-refractivity contribution is 5.97. The lowest BCUT2D eigenvalue weighted by Gasteiger charge is -2.27. The number of aliphatic carboxylic acids is 1. The second-order valence-corrected chi connectivity index (χ2v) is 7.09. The summed E-state index contributed by atoms with van der Waals surface area (Å²) < 4.78 is 5.07. The van der Waals surface area contributed by atoms with E-state index >= 15 is 0 Å². The molecule has 0 saturated carbocycles. The molecule has 1 heterocycles. The van der Waals surface area contributed by atoms with Gasteiger partial charge in [0.25, 0.3) is 5.91 Å². The van der Waals surface area contributed by atoms with Crippen LogP contribution in [0.3, 0.4) is 0 Å². The molecule has 7 nitrogen and oxygen atoms in total. The van der Waals surface area contributed by atoms with Gasteiger partial charge < -0.3 is 20.1 Å². The summed E-state index contributed by atoms with van der Waals surface area (Å²) in [6.45, 7) is 6.09. The Labute approximate surface area is 153 Å². The number of ether oxygens (including phenoxy) is 1. The summed E-state index contributed by atoms with van der Waals surface area (Å²) in [5, 5.41) is 12.0. The number of amides is 2. The molecule has 1 aromatic carbocycles. The van der Waals surface area contributed by atoms with Crippen LogP contribution in [0.15, 0.2) is 24.3 Å². The Morgan fingerprint density at radius 1 is 1.19 bits per heavy atom. The molecule has 1 aromatic rings. The number of methoxy groups -OCH3 is 1. The van der Waals surface area contributed by atoms with Crippen LogP contribution in [0.2, 0.25) is 0 Å². The molecular weight excluding hydrogens is 336 g/mol. The summed E-state index contributed by atoms with van der Waals surface area (Å²) in [5.74, 6) is -1.63. The number of nitrogens with zero attached hydrogens (tertiary/aromatic N) is 1. The zero-order valence-electron chi connectivity index (χ0n) is 15.6. The molecule has 7 heteroatoms. The normalized spacial score (nSPS) is 20.7. The highest BCUT2D eigenvalue weighted by Crippen LogP contribution is 2.24. The number of carboxylic acid groups (broad SMARTS) is 1. The number of hydrogen-bond acceptors (Lipinski definition) is 4. The van der Waals surface area contributed by atoms with Gasteiger partial charge in [-0.15, -0.1) is 0 Å². The average Bonchev–Trinajstić information content (AvgIpc) is 3.00. The van der Waals surface area contributed by atoms with Gasteiger partial charge in [0.2, 0.25) is 5.91 Å². The maximum absolute atomic E-state index is 12.9. The number of rotatable bonds is 6. The summed E-state index contributed by atoms with van der Waals surface area (Å²) in [5.41, 5.74) is 0.433. The smallest absolute Gasteiger partial charge is 0.308 e. The van der Waals surface area contributed by atoms with Gasteiger partial charge in [0, 0.05) is 18.7 Å². The van der Waals surface area contributed by atoms with E-state index in [4.69, 9.17) is 4.74 Å². The third-order valence-corrected chi connectivity index (χ3v) is 4.81. The van der Waals surface area contributed by atoms with Crippen molar-refractivity contribution >= 4 is 17.8 Å². The lowest BCUT2D eigenvalue weighted by molar-refractivity contribution is -0.142. The monoisotopic (exact) mass is 362 g/mol. The van der Waals surface area contributed by atoms with Crippen molar-refractivity contribution < 1.29 is 24.2 Å². The quantitative estimate of drug-likeness (QED) is 0.802. The third-order valence-electron chi connectivity index (χ3n) is 4.81. The summed E-state index contributed by atoms with van der Waals surface area (Å²) in [6.07, 6.45) is 0. The fourth-order valence-electron chi connectivity index (χ4n) is 3.15. The molecule has 2 N–H and O–H groups in total. The number of likely N-dealkylation sites (tertiary alicyclic amines) is 1. The minimum atomic E-state index is -0.892. The molecule has 0 bridgehead atoms. The predicted octanol–water partition coefficient (Wildman–Crippen LogP) is 1.63. The minimum Gasteiger partial charge on any atom is -0.497 e. The molecule has 0 aliphatic carbocycles. The fourth-order valence-corrected chi connectivity index (χ4v) is 3.15. The molecule has 2 rings (SSSR count). The second-order valence-electron chi connectivity index (χ2n) is 7.09. The van der Waals surface area contributed by atoms with E-state index in [1.165, 1.54) is 0 Å². The largest absolute Gasteiger partial charge is 0.497 e. The van der Waals surface area contributed by atoms with E-state index in [0.29, 0.717) is 17.9 Å². The molecule has 1 unspecified atom stereocenters. The number of benzene rings is 1. The van der Waals surface area contributed by atoms with Gasteiger partial charge >= 0.3 is 5.97 Å². The van der Waals surface area contributed by atoms with Crippen molar-refractivity contribution in [2.75, 3.05) is 20.2 Å². The van der Waals surface area contributed by atoms with Gasteiger partial charge in [-0.2, -0.15) is 0 Å². The first kappa shape index (κ1) is 19.8. The van der Waals surface area contributed by atoms with Crippen molar-refractivity contribution in [3.63, 3.8) is 0 Å². The van der Waals surface area contributed by atoms with E-state index in [1.54, 1.807) is 36.3 Å². The lowest BCUT2D eigenvalue weighted by atomic mass is 9.99. The molecule has 1 fully saturated rings. The van der Waals surface area contributed by atoms with Crippen molar-refractivity contribution in [3.05, 3.63) is 29.8 Å². The molecule has 26 heavy (non-hydrogen) atoms. The molecule has 142 valence electrons. The standard InChI is InChI=1S/C19H26N2O5/c1-11(2)16(18(23)21-9-12(3)15(10-21)19(24)25)20-17(22)13-5-7-14(26-4)8-6-13/h5-8,11-12,15-16H,9-10H2,1-4H3,(H,20,22)(H,24,25)/t12-,15-,16?/m1/s1. The topological polar surface area (TPSA) is 95.9 Å². The molecule has 1 aliphatic heterocycles. The van der Waals surface area contributed by atoms with Gasteiger partial charge in [-0.25, -0.2) is 0 Å². The van der Waals surface area contributed by atoms with Crippen LogP contribution in [0, 0.1) is 17.8 Å². The summed E-state index contributed by atoms with van der Waals surface area (Å²) in [7, 11) is 1.55. The molecule has 0 aromatic heterocycles. The first-order valence-corrected chi connectivity index (χ1v) is 8.71. The number of hydrogen-bond donors (Lipinski definition) is 2. The molecule has 1 aliphatic rings. The van der Waals surface area contributed by atoms with Crippen LogP contribution in [-0.2, 0) is 9.59 Å². The molecule has 2 amide bonds. The van der Waals surface area contributed by atoms with Gasteiger partial charge in [-0.1, -0.05) is 20.8 Å². The number of carbonyl (C=O) groups is 3. The molecule has 0 spiro atoms. The van der Waals surface area contributed by atoms with Gasteiger partial charge in [0.15, 0.2) is 0 Å². The van der Waals surface area contributed by atoms with Crippen LogP contribution in [-0.4, -0.2) is 54.0 Å². The number of carbonyl (C=O) groups excluding carboxylic acids is 2. The summed E-state index contributed by atoms with van der Waals surface area (Å²) in [6, 6.07) is 5.92. The summed E-state index contributed by atoms with van der Waals surface area (Å²) >= 11 is 0. The van der Waals surface area contributed by atoms with Crippen molar-refractivity contribution in [3.8, 4) is 5.75 Å². The van der Waals surface area contributed by atoms with Gasteiger partial charge in [0.1, 0.15) is 11.8 Å². The maximum Gasteiger partial charge on any atom is 0.308 e. The second kappa shape index (κ2) is 8.21. The Morgan fingerprint density at radius 2 is 1.81 bits per heavy atom. The highest BCUT2D eigenvalue weighted by atomic mass is 16.5. The first-order valence-electron chi connectivity index (χ1n) is 8.71. The van der Waals surface area contributed by atoms with Crippen molar-refractivity contribution in [1.82, 2.24) is 10.2 Å². The van der Waals surface area contributed by atoms with Crippen LogP contribution in [0.25, 0.3) is 0 Å². The van der Waals surface area contributed by atoms with E-state index < -0.39 is 17.9 Å². The van der Waals surface area contributed by atoms with Crippen LogP contribution >= 0.6 is 0 Å². The van der Waals surface area contributed by atoms with E-state index in [2.05, 4.69) is 5.32 Å². The van der Waals surface area contributed by atoms with E-state index in [-0.39, 0.29) is 30.2 Å². The molecular formula is C19H26N2O5. The van der Waals surface area contributed by atoms with Crippen molar-refractivity contribution in [1.29, 1.82) is 0 Å². The number of carboxylic acids is 1. The predicted molar refractivity (Wildman–Crippen MR) is 96.0 cm³/mol. The zero-order chi connectivity index (χ0) is 19.4. The molecule has 3 atom stereocenters. The zero-order valence-corrected chi connectivity index (χ0v) is 15.6. The Kier molecular flexibility index (Phi) is 6.23. The van der Waals surface area contributed by atoms with Gasteiger partial charge in [0.05, 0.1) is 13.0 Å². The Bertz CT molecular complexity index is 671. The van der Waals surface area contributed by atoms with E-state index in [1.807, 2.05) is 20.8 Å². The van der Waals surface area contributed by atoms with Crippen LogP contribution in [0.4, 0.5) is 0 Å². The Balaban J connectivity index is 2.09. The van der Waals surface area contributed by atoms with Crippen LogP contribution in [0.5, 0.6) is 5.75 Å². The van der Waals surface area contributed by atoms with Crippen LogP contribution < -0.4 is 10.1 Å². The average molecular weight is 362 g/mol. The van der Waals surface area contributed by atoms with Crippen LogP contribution in [0.1, 0.15) is 31.1 Å². The van der Waals surface area contributed by atoms with Crippen molar-refractivity contribution in [2.45, 2.75) is 26.8 Å². The first-order chi connectivity index (χ1) is 12.2. The third kappa shape index (κ3) is 4.33. The Hall–Kier alpha value is -2.57. The van der Waals surface area contributed by atoms with E-state index in [9.17, 15) is 19.5 Å². The SMILES string of the molecule is COc1ccc(C(=O)NC(C(=O)N2C[C@@H](C)[C@H](C(=O)O)C2)C(C)C)cc1. The molecule has 1 saturated heterocycles. The molecule has 0 radical (unpaired) electrons. The van der Waals surface area contributed by atoms with Gasteiger partial charge in [-0.05, 0) is 36.1 Å². The fraction of sp³-hybridized carbons (Fsp3) is 0.526. The highest BCUT2D eigenvalue weighted by Gasteiger charge is 2.39. The lowest BCUT2D eigenvalue weighted by Crippen LogP contribution is -2.50. The van der Waals surface area contributed by atoms with E-state index in [0.717, 1.165) is 0 Å².